The molecule has 1 amide bonds. The maximum atomic E-state index is 12.4. The number of hydrazone groups is 1. The molecule has 0 aromatic heterocycles. The van der Waals surface area contributed by atoms with E-state index in [9.17, 15) is 13.2 Å². The molecule has 0 spiro atoms. The van der Waals surface area contributed by atoms with Crippen LogP contribution >= 0.6 is 0 Å². The molecule has 0 aliphatic rings. The number of benzene rings is 2. The minimum Gasteiger partial charge on any atom is -0.493 e. The van der Waals surface area contributed by atoms with Gasteiger partial charge in [-0.1, -0.05) is 24.8 Å². The predicted octanol–water partition coefficient (Wildman–Crippen LogP) is 2.79. The van der Waals surface area contributed by atoms with E-state index in [1.807, 2.05) is 19.1 Å². The summed E-state index contributed by atoms with van der Waals surface area (Å²) in [6.07, 6.45) is 4.12. The molecule has 166 valence electrons. The highest BCUT2D eigenvalue weighted by molar-refractivity contribution is 7.92. The van der Waals surface area contributed by atoms with Crippen molar-refractivity contribution in [3.05, 3.63) is 65.7 Å². The minimum atomic E-state index is -3.67. The van der Waals surface area contributed by atoms with Gasteiger partial charge in [-0.05, 0) is 54.8 Å². The average Bonchev–Trinajstić information content (AvgIpc) is 2.72. The summed E-state index contributed by atoms with van der Waals surface area (Å²) in [5.74, 6) is 0.497. The molecule has 2 aromatic rings. The van der Waals surface area contributed by atoms with Crippen LogP contribution in [-0.2, 0) is 14.8 Å². The van der Waals surface area contributed by atoms with Crippen LogP contribution in [0.25, 0.3) is 0 Å². The Bertz CT molecular complexity index is 1080. The van der Waals surface area contributed by atoms with Gasteiger partial charge in [-0.25, -0.2) is 13.8 Å². The molecule has 1 N–H and O–H groups in total. The van der Waals surface area contributed by atoms with Crippen LogP contribution in [0.1, 0.15) is 16.7 Å². The number of nitrogens with one attached hydrogen (secondary N) is 1. The molecule has 8 nitrogen and oxygen atoms in total. The Kier molecular flexibility index (Phi) is 8.21. The Labute approximate surface area is 183 Å². The number of sulfonamides is 1. The molecule has 0 bridgehead atoms. The zero-order valence-corrected chi connectivity index (χ0v) is 18.9. The highest BCUT2D eigenvalue weighted by Crippen LogP contribution is 2.27. The third-order valence-electron chi connectivity index (χ3n) is 4.27. The molecule has 0 saturated heterocycles. The van der Waals surface area contributed by atoms with Crippen LogP contribution in [0.15, 0.2) is 54.2 Å². The van der Waals surface area contributed by atoms with Crippen LogP contribution in [0, 0.1) is 13.8 Å². The average molecular weight is 446 g/mol. The first-order valence-electron chi connectivity index (χ1n) is 9.44. The molecule has 0 unspecified atom stereocenters. The lowest BCUT2D eigenvalue weighted by Gasteiger charge is -2.23. The van der Waals surface area contributed by atoms with Gasteiger partial charge in [0.2, 0.25) is 10.0 Å². The van der Waals surface area contributed by atoms with Crippen LogP contribution in [0.4, 0.5) is 5.69 Å². The van der Waals surface area contributed by atoms with E-state index in [2.05, 4.69) is 17.1 Å². The van der Waals surface area contributed by atoms with Crippen LogP contribution in [0.3, 0.4) is 0 Å². The van der Waals surface area contributed by atoms with Crippen molar-refractivity contribution in [2.24, 2.45) is 5.10 Å². The third kappa shape index (κ3) is 6.85. The van der Waals surface area contributed by atoms with Crippen LogP contribution in [0.5, 0.6) is 11.5 Å². The second-order valence-corrected chi connectivity index (χ2v) is 8.77. The van der Waals surface area contributed by atoms with E-state index in [1.54, 1.807) is 37.3 Å². The normalized spacial score (nSPS) is 11.2. The quantitative estimate of drug-likeness (QED) is 0.345. The summed E-state index contributed by atoms with van der Waals surface area (Å²) in [6, 6.07) is 10.6. The van der Waals surface area contributed by atoms with Gasteiger partial charge >= 0.3 is 0 Å². The van der Waals surface area contributed by atoms with Crippen molar-refractivity contribution in [3.63, 3.8) is 0 Å². The minimum absolute atomic E-state index is 0.344. The molecule has 0 radical (unpaired) electrons. The van der Waals surface area contributed by atoms with Crippen LogP contribution < -0.4 is 19.2 Å². The zero-order valence-electron chi connectivity index (χ0n) is 18.1. The molecule has 2 aromatic carbocycles. The summed E-state index contributed by atoms with van der Waals surface area (Å²) in [5.41, 5.74) is 5.13. The van der Waals surface area contributed by atoms with Gasteiger partial charge in [0.25, 0.3) is 5.91 Å². The highest BCUT2D eigenvalue weighted by atomic mass is 32.2. The van der Waals surface area contributed by atoms with Crippen molar-refractivity contribution in [2.75, 3.05) is 30.8 Å². The standard InChI is InChI=1S/C22H27N3O5S/c1-6-11-30-20-10-9-18(13-21(20)29-4)14-23-24-22(26)15-25(31(5,27)28)19-12-16(2)7-8-17(19)3/h6-10,12-14H,1,11,15H2,2-5H3,(H,24,26). The number of carbonyl (C=O) groups excluding carboxylic acids is 1. The number of carbonyl (C=O) groups is 1. The molecule has 0 atom stereocenters. The van der Waals surface area contributed by atoms with E-state index in [1.165, 1.54) is 13.3 Å². The van der Waals surface area contributed by atoms with Crippen molar-refractivity contribution in [1.29, 1.82) is 0 Å². The van der Waals surface area contributed by atoms with Gasteiger partial charge in [-0.2, -0.15) is 5.10 Å². The van der Waals surface area contributed by atoms with Gasteiger partial charge in [0.1, 0.15) is 13.2 Å². The van der Waals surface area contributed by atoms with Crippen LogP contribution in [-0.4, -0.2) is 47.1 Å². The Balaban J connectivity index is 2.11. The van der Waals surface area contributed by atoms with Crippen molar-refractivity contribution < 1.29 is 22.7 Å². The monoisotopic (exact) mass is 445 g/mol. The molecule has 2 rings (SSSR count). The fourth-order valence-corrected chi connectivity index (χ4v) is 3.65. The van der Waals surface area contributed by atoms with E-state index >= 15 is 0 Å². The first-order chi connectivity index (χ1) is 14.7. The van der Waals surface area contributed by atoms with Gasteiger partial charge in [0.15, 0.2) is 11.5 Å². The second kappa shape index (κ2) is 10.6. The largest absolute Gasteiger partial charge is 0.493 e. The summed E-state index contributed by atoms with van der Waals surface area (Å²) >= 11 is 0. The van der Waals surface area contributed by atoms with E-state index < -0.39 is 22.5 Å². The summed E-state index contributed by atoms with van der Waals surface area (Å²) in [4.78, 5) is 12.4. The lowest BCUT2D eigenvalue weighted by atomic mass is 10.1. The summed E-state index contributed by atoms with van der Waals surface area (Å²) in [5, 5.41) is 3.92. The maximum Gasteiger partial charge on any atom is 0.260 e. The number of anilines is 1. The van der Waals surface area contributed by atoms with E-state index in [0.29, 0.717) is 29.4 Å². The van der Waals surface area contributed by atoms with E-state index in [-0.39, 0.29) is 0 Å². The first-order valence-corrected chi connectivity index (χ1v) is 11.3. The smallest absolute Gasteiger partial charge is 0.260 e. The number of hydrogen-bond donors (Lipinski definition) is 1. The third-order valence-corrected chi connectivity index (χ3v) is 5.39. The number of aryl methyl sites for hydroxylation is 2. The number of methoxy groups -OCH3 is 1. The molecule has 31 heavy (non-hydrogen) atoms. The number of ether oxygens (including phenoxy) is 2. The Morgan fingerprint density at radius 1 is 1.19 bits per heavy atom. The highest BCUT2D eigenvalue weighted by Gasteiger charge is 2.22. The van der Waals surface area contributed by atoms with Crippen molar-refractivity contribution in [1.82, 2.24) is 5.43 Å². The lowest BCUT2D eigenvalue weighted by Crippen LogP contribution is -2.39. The topological polar surface area (TPSA) is 97.3 Å². The molecule has 0 saturated carbocycles. The van der Waals surface area contributed by atoms with Gasteiger partial charge < -0.3 is 9.47 Å². The van der Waals surface area contributed by atoms with Gasteiger partial charge in [-0.3, -0.25) is 9.10 Å². The molecule has 0 aliphatic heterocycles. The lowest BCUT2D eigenvalue weighted by molar-refractivity contribution is -0.119. The maximum absolute atomic E-state index is 12.4. The van der Waals surface area contributed by atoms with Gasteiger partial charge in [0, 0.05) is 0 Å². The number of hydrogen-bond acceptors (Lipinski definition) is 6. The fraction of sp³-hybridized carbons (Fsp3) is 0.273. The molecular weight excluding hydrogens is 418 g/mol. The Hall–Kier alpha value is -3.33. The molecule has 0 aliphatic carbocycles. The van der Waals surface area contributed by atoms with Crippen molar-refractivity contribution >= 4 is 27.8 Å². The SMILES string of the molecule is C=CCOc1ccc(C=NNC(=O)CN(c2cc(C)ccc2C)S(C)(=O)=O)cc1OC. The number of rotatable bonds is 10. The van der Waals surface area contributed by atoms with Crippen molar-refractivity contribution in [3.8, 4) is 11.5 Å². The molecular formula is C22H27N3O5S. The summed E-state index contributed by atoms with van der Waals surface area (Å²) in [7, 11) is -2.15. The van der Waals surface area contributed by atoms with Crippen molar-refractivity contribution in [2.45, 2.75) is 13.8 Å². The zero-order chi connectivity index (χ0) is 23.0. The van der Waals surface area contributed by atoms with E-state index in [0.717, 1.165) is 21.7 Å². The predicted molar refractivity (Wildman–Crippen MR) is 123 cm³/mol. The number of amides is 1. The van der Waals surface area contributed by atoms with Gasteiger partial charge in [0.05, 0.1) is 25.3 Å². The first kappa shape index (κ1) is 23.9. The molecule has 0 fully saturated rings. The summed E-state index contributed by atoms with van der Waals surface area (Å²) in [6.45, 7) is 7.20. The molecule has 9 heteroatoms. The van der Waals surface area contributed by atoms with E-state index in [4.69, 9.17) is 9.47 Å². The number of nitrogens with zero attached hydrogens (tertiary/aromatic N) is 2. The van der Waals surface area contributed by atoms with Gasteiger partial charge in [-0.15, -0.1) is 0 Å². The Morgan fingerprint density at radius 2 is 1.94 bits per heavy atom. The summed E-state index contributed by atoms with van der Waals surface area (Å²) < 4.78 is 36.4. The fourth-order valence-electron chi connectivity index (χ4n) is 2.75. The second-order valence-electron chi connectivity index (χ2n) is 6.86. The van der Waals surface area contributed by atoms with Crippen LogP contribution in [0.2, 0.25) is 0 Å². The molecule has 0 heterocycles. The Morgan fingerprint density at radius 3 is 2.58 bits per heavy atom.